The van der Waals surface area contributed by atoms with E-state index in [0.29, 0.717) is 0 Å². The SMILES string of the molecule is CC(C)(C)c1ccc(-c2cc(C(C)(C)C)cc(-c3ccc(C(C)(C)C)cc3C(C)(C)C)c2N2c3cc(-n4c5ccc(C(C)(C)C)cc5c5cc(C(C)(C)C)ccc54)ccc3B3c4ccc(-c5cc(C(C)(C)C)cc(C(C)(C)C)c5)cc4N(c4c(-c5ccc(C(C)(C)C)cc5)cc(C(C)(C)C)cc4-c4c(C(C)(C)C)cccc4C(C)(C)C)c4cc(C(C)(C)C)cc2c43)cc1. The molecule has 1 aromatic heterocycles. The smallest absolute Gasteiger partial charge is 0.252 e. The molecule has 12 aromatic carbocycles. The van der Waals surface area contributed by atoms with Gasteiger partial charge in [-0.25, -0.2) is 0 Å². The topological polar surface area (TPSA) is 11.4 Å². The first-order valence-corrected chi connectivity index (χ1v) is 47.9. The van der Waals surface area contributed by atoms with Crippen LogP contribution in [-0.2, 0) is 70.4 Å². The van der Waals surface area contributed by atoms with Crippen molar-refractivity contribution in [1.29, 1.82) is 0 Å². The maximum atomic E-state index is 2.87. The van der Waals surface area contributed by atoms with E-state index in [1.165, 1.54) is 189 Å². The number of anilines is 6. The van der Waals surface area contributed by atoms with Crippen LogP contribution in [0.25, 0.3) is 83.1 Å². The third-order valence-electron chi connectivity index (χ3n) is 28.1. The van der Waals surface area contributed by atoms with Crippen molar-refractivity contribution in [2.24, 2.45) is 0 Å². The first kappa shape index (κ1) is 92.8. The van der Waals surface area contributed by atoms with Gasteiger partial charge in [0, 0.05) is 61.5 Å². The normalized spacial score (nSPS) is 14.2. The van der Waals surface area contributed by atoms with Gasteiger partial charge in [0.2, 0.25) is 0 Å². The van der Waals surface area contributed by atoms with Gasteiger partial charge in [-0.2, -0.15) is 0 Å². The molecule has 0 atom stereocenters. The first-order valence-electron chi connectivity index (χ1n) is 47.9. The highest BCUT2D eigenvalue weighted by atomic mass is 15.2. The molecule has 0 amide bonds. The van der Waals surface area contributed by atoms with Crippen molar-refractivity contribution in [3.8, 4) is 61.3 Å². The highest BCUT2D eigenvalue weighted by molar-refractivity contribution is 7.00. The molecule has 2 aliphatic rings. The van der Waals surface area contributed by atoms with Crippen LogP contribution in [-0.4, -0.2) is 11.3 Å². The minimum Gasteiger partial charge on any atom is -0.310 e. The molecule has 0 bridgehead atoms. The number of rotatable bonds is 8. The van der Waals surface area contributed by atoms with Gasteiger partial charge in [0.25, 0.3) is 6.71 Å². The zero-order chi connectivity index (χ0) is 93.9. The molecule has 13 aromatic rings. The predicted molar refractivity (Wildman–Crippen MR) is 565 cm³/mol. The third-order valence-corrected chi connectivity index (χ3v) is 28.1. The van der Waals surface area contributed by atoms with Crippen LogP contribution in [0.5, 0.6) is 0 Å². The Morgan fingerprint density at radius 3 is 0.930 bits per heavy atom. The summed E-state index contributed by atoms with van der Waals surface area (Å²) in [7, 11) is 0. The molecule has 0 saturated carbocycles. The minimum atomic E-state index is -0.393. The van der Waals surface area contributed by atoms with E-state index in [0.717, 1.165) is 17.1 Å². The highest BCUT2D eigenvalue weighted by Gasteiger charge is 2.48. The van der Waals surface area contributed by atoms with Crippen molar-refractivity contribution in [1.82, 2.24) is 4.57 Å². The molecule has 3 nitrogen and oxygen atoms in total. The molecule has 15 rings (SSSR count). The zero-order valence-electron chi connectivity index (χ0n) is 86.1. The van der Waals surface area contributed by atoms with Crippen LogP contribution in [0, 0.1) is 0 Å². The molecule has 0 radical (unpaired) electrons. The van der Waals surface area contributed by atoms with Crippen LogP contribution < -0.4 is 26.2 Å². The molecule has 0 fully saturated rings. The second-order valence-electron chi connectivity index (χ2n) is 51.9. The minimum absolute atomic E-state index is 0.0822. The molecule has 0 unspecified atom stereocenters. The Labute approximate surface area is 774 Å². The fourth-order valence-corrected chi connectivity index (χ4v) is 19.8. The van der Waals surface area contributed by atoms with Gasteiger partial charge in [0.1, 0.15) is 0 Å². The monoisotopic (exact) mass is 1690 g/mol. The molecule has 0 spiro atoms. The molecule has 4 heteroatoms. The molecule has 0 N–H and O–H groups in total. The van der Waals surface area contributed by atoms with Gasteiger partial charge in [0.05, 0.1) is 22.4 Å². The Morgan fingerprint density at radius 2 is 0.531 bits per heavy atom. The van der Waals surface area contributed by atoms with Crippen molar-refractivity contribution < 1.29 is 0 Å². The third kappa shape index (κ3) is 17.2. The fourth-order valence-electron chi connectivity index (χ4n) is 19.8. The fraction of sp³-hybridized carbons (Fsp3) is 0.419. The van der Waals surface area contributed by atoms with Gasteiger partial charge in [-0.15, -0.1) is 0 Å². The molecule has 0 aliphatic carbocycles. The van der Waals surface area contributed by atoms with Crippen LogP contribution >= 0.6 is 0 Å². The lowest BCUT2D eigenvalue weighted by Crippen LogP contribution is -2.61. The largest absolute Gasteiger partial charge is 0.310 e. The summed E-state index contributed by atoms with van der Waals surface area (Å²) in [5.74, 6) is 0. The number of benzene rings is 12. The van der Waals surface area contributed by atoms with E-state index in [4.69, 9.17) is 0 Å². The zero-order valence-corrected chi connectivity index (χ0v) is 86.1. The number of nitrogens with zero attached hydrogens (tertiary/aromatic N) is 3. The van der Waals surface area contributed by atoms with Crippen molar-refractivity contribution in [2.45, 2.75) is 340 Å². The summed E-state index contributed by atoms with van der Waals surface area (Å²) in [6.45, 7) is 93.3. The molecular weight excluding hydrogens is 1540 g/mol. The number of hydrogen-bond acceptors (Lipinski definition) is 2. The highest BCUT2D eigenvalue weighted by Crippen LogP contribution is 2.59. The summed E-state index contributed by atoms with van der Waals surface area (Å²) in [6.07, 6.45) is 0. The Bertz CT molecular complexity index is 6400. The second-order valence-corrected chi connectivity index (χ2v) is 51.9. The molecule has 666 valence electrons. The molecule has 3 heterocycles. The average Bonchev–Trinajstić information content (AvgIpc) is 0.718. The second kappa shape index (κ2) is 30.9. The Morgan fingerprint density at radius 1 is 0.203 bits per heavy atom. The van der Waals surface area contributed by atoms with Crippen molar-refractivity contribution in [3.05, 3.63) is 285 Å². The Balaban J connectivity index is 1.23. The van der Waals surface area contributed by atoms with Gasteiger partial charge in [-0.05, 0) is 271 Å². The molecule has 0 saturated heterocycles. The quantitative estimate of drug-likeness (QED) is 0.141. The van der Waals surface area contributed by atoms with Gasteiger partial charge >= 0.3 is 0 Å². The lowest BCUT2D eigenvalue weighted by atomic mass is 9.33. The van der Waals surface area contributed by atoms with E-state index in [1.807, 2.05) is 0 Å². The van der Waals surface area contributed by atoms with E-state index in [2.05, 4.69) is 497 Å². The van der Waals surface area contributed by atoms with Gasteiger partial charge < -0.3 is 14.4 Å². The van der Waals surface area contributed by atoms with Crippen LogP contribution in [0.15, 0.2) is 212 Å². The van der Waals surface area contributed by atoms with E-state index in [-0.39, 0.29) is 71.7 Å². The van der Waals surface area contributed by atoms with Crippen LogP contribution in [0.2, 0.25) is 0 Å². The molecule has 2 aliphatic heterocycles. The molecule has 128 heavy (non-hydrogen) atoms. The Hall–Kier alpha value is -9.90. The summed E-state index contributed by atoms with van der Waals surface area (Å²) in [5, 5.41) is 2.54. The lowest BCUT2D eigenvalue weighted by Gasteiger charge is -2.47. The average molecular weight is 1700 g/mol. The lowest BCUT2D eigenvalue weighted by molar-refractivity contribution is 0.568. The van der Waals surface area contributed by atoms with E-state index < -0.39 is 5.41 Å². The van der Waals surface area contributed by atoms with Gasteiger partial charge in [0.15, 0.2) is 0 Å². The number of aromatic nitrogens is 1. The number of fused-ring (bicyclic) bond motifs is 7. The summed E-state index contributed by atoms with van der Waals surface area (Å²) in [4.78, 5) is 5.73. The van der Waals surface area contributed by atoms with E-state index in [9.17, 15) is 0 Å². The first-order chi connectivity index (χ1) is 58.7. The van der Waals surface area contributed by atoms with E-state index >= 15 is 0 Å². The van der Waals surface area contributed by atoms with Gasteiger partial charge in [-0.3, -0.25) is 0 Å². The van der Waals surface area contributed by atoms with Crippen molar-refractivity contribution in [3.63, 3.8) is 0 Å². The van der Waals surface area contributed by atoms with Crippen LogP contribution in [0.4, 0.5) is 34.1 Å². The Kier molecular flexibility index (Phi) is 22.4. The van der Waals surface area contributed by atoms with Crippen LogP contribution in [0.1, 0.15) is 342 Å². The predicted octanol–water partition coefficient (Wildman–Crippen LogP) is 34.1. The summed E-state index contributed by atoms with van der Waals surface area (Å²) < 4.78 is 2.62. The van der Waals surface area contributed by atoms with Crippen molar-refractivity contribution >= 4 is 79.0 Å². The van der Waals surface area contributed by atoms with Crippen molar-refractivity contribution in [2.75, 3.05) is 9.80 Å². The number of hydrogen-bond donors (Lipinski definition) is 0. The van der Waals surface area contributed by atoms with Gasteiger partial charge in [-0.1, -0.05) is 403 Å². The maximum absolute atomic E-state index is 2.87. The van der Waals surface area contributed by atoms with E-state index in [1.54, 1.807) is 0 Å². The molecular formula is C124H152BN3. The summed E-state index contributed by atoms with van der Waals surface area (Å²) >= 11 is 0. The summed E-state index contributed by atoms with van der Waals surface area (Å²) in [5.41, 5.74) is 41.1. The van der Waals surface area contributed by atoms with Crippen LogP contribution in [0.3, 0.4) is 0 Å². The summed E-state index contributed by atoms with van der Waals surface area (Å²) in [6, 6.07) is 87.9. The standard InChI is InChI=1S/C124H152BN3/c1-112(2,3)79-48-43-75(44-49-79)91-67-86(119(22,23)24)69-95(90-56-52-83(116(13,14)15)71-99(90)124(37,38)39)110(91)128-105-74-89(126-102-59-53-81(114(7,8)9)65-93(102)94-66-82(115(10,11)12)54-60-103(94)126)55-58-101(105)125-100-57-47-77(78-61-84(117(16,17)18)64-85(62-78)118(19,20)21)63-104(100)127(106-72-88(121(28,29)30)73-107(128)109(106)125)111-92(76-45-50-80(51-46-76)113(4,5)6)68-87(120(25,26)27)70-96(111)108-97(122(31,32)33)41-40-42-98(108)123(34,35)36/h40-74H,1-39H3. The maximum Gasteiger partial charge on any atom is 0.252 e.